The number of carbonyl (C=O) groups is 1. The fourth-order valence-corrected chi connectivity index (χ4v) is 4.01. The van der Waals surface area contributed by atoms with E-state index in [1.165, 1.54) is 18.6 Å². The molecule has 1 aromatic carbocycles. The fourth-order valence-electron chi connectivity index (χ4n) is 4.01. The lowest BCUT2D eigenvalue weighted by molar-refractivity contribution is -0.140. The molecule has 1 N–H and O–H groups in total. The number of amides is 1. The highest BCUT2D eigenvalue weighted by atomic mass is 19.1. The van der Waals surface area contributed by atoms with Gasteiger partial charge in [-0.2, -0.15) is 0 Å². The van der Waals surface area contributed by atoms with E-state index in [9.17, 15) is 14.3 Å². The van der Waals surface area contributed by atoms with Crippen molar-refractivity contribution in [2.24, 2.45) is 5.92 Å². The molecule has 0 radical (unpaired) electrons. The second kappa shape index (κ2) is 6.97. The molecule has 4 nitrogen and oxygen atoms in total. The summed E-state index contributed by atoms with van der Waals surface area (Å²) in [4.78, 5) is 17.0. The molecule has 2 saturated heterocycles. The van der Waals surface area contributed by atoms with E-state index < -0.39 is 6.10 Å². The molecule has 0 aliphatic carbocycles. The van der Waals surface area contributed by atoms with E-state index in [1.807, 2.05) is 4.90 Å². The molecule has 2 heterocycles. The first-order valence-electron chi connectivity index (χ1n) is 8.46. The van der Waals surface area contributed by atoms with Crippen LogP contribution in [0.3, 0.4) is 0 Å². The average Bonchev–Trinajstić information content (AvgIpc) is 2.53. The van der Waals surface area contributed by atoms with Crippen LogP contribution in [0.4, 0.5) is 4.39 Å². The number of likely N-dealkylation sites (tertiary alicyclic amines) is 2. The Morgan fingerprint density at radius 1 is 1.39 bits per heavy atom. The number of benzene rings is 1. The van der Waals surface area contributed by atoms with Gasteiger partial charge in [0.15, 0.2) is 0 Å². The largest absolute Gasteiger partial charge is 0.388 e. The lowest BCUT2D eigenvalue weighted by Gasteiger charge is -2.46. The van der Waals surface area contributed by atoms with Gasteiger partial charge >= 0.3 is 0 Å². The molecule has 0 aromatic heterocycles. The third-order valence-electron chi connectivity index (χ3n) is 5.19. The third kappa shape index (κ3) is 3.72. The van der Waals surface area contributed by atoms with Gasteiger partial charge in [-0.05, 0) is 56.5 Å². The van der Waals surface area contributed by atoms with Gasteiger partial charge in [-0.15, -0.1) is 0 Å². The maximum atomic E-state index is 13.3. The molecule has 3 unspecified atom stereocenters. The minimum Gasteiger partial charge on any atom is -0.388 e. The molecule has 5 heteroatoms. The first-order valence-corrected chi connectivity index (χ1v) is 8.46. The van der Waals surface area contributed by atoms with Gasteiger partial charge in [0.1, 0.15) is 5.82 Å². The van der Waals surface area contributed by atoms with Crippen molar-refractivity contribution >= 4 is 5.91 Å². The average molecular weight is 320 g/mol. The maximum Gasteiger partial charge on any atom is 0.225 e. The van der Waals surface area contributed by atoms with Crippen LogP contribution in [-0.2, 0) is 4.79 Å². The monoisotopic (exact) mass is 320 g/mol. The van der Waals surface area contributed by atoms with Crippen molar-refractivity contribution in [3.8, 4) is 0 Å². The van der Waals surface area contributed by atoms with Crippen molar-refractivity contribution in [3.63, 3.8) is 0 Å². The van der Waals surface area contributed by atoms with Crippen LogP contribution in [-0.4, -0.2) is 53.5 Å². The number of aliphatic hydroxyl groups is 1. The van der Waals surface area contributed by atoms with Crippen LogP contribution in [0.15, 0.2) is 24.3 Å². The molecule has 2 aliphatic rings. The molecule has 0 bridgehead atoms. The van der Waals surface area contributed by atoms with E-state index in [0.29, 0.717) is 17.5 Å². The minimum atomic E-state index is -0.940. The third-order valence-corrected chi connectivity index (χ3v) is 5.19. The Balaban J connectivity index is 1.65. The van der Waals surface area contributed by atoms with Crippen molar-refractivity contribution in [2.45, 2.75) is 37.8 Å². The quantitative estimate of drug-likeness (QED) is 0.928. The van der Waals surface area contributed by atoms with Crippen molar-refractivity contribution in [1.29, 1.82) is 0 Å². The Morgan fingerprint density at radius 2 is 2.22 bits per heavy atom. The number of rotatable bonds is 3. The molecule has 1 amide bonds. The number of carbonyl (C=O) groups excluding carboxylic acids is 1. The van der Waals surface area contributed by atoms with Crippen LogP contribution in [0, 0.1) is 11.7 Å². The van der Waals surface area contributed by atoms with E-state index in [4.69, 9.17) is 0 Å². The number of hydrogen-bond acceptors (Lipinski definition) is 3. The number of piperidine rings is 2. The zero-order valence-corrected chi connectivity index (χ0v) is 13.6. The van der Waals surface area contributed by atoms with Gasteiger partial charge in [0.2, 0.25) is 5.91 Å². The summed E-state index contributed by atoms with van der Waals surface area (Å²) in [6, 6.07) is 6.16. The minimum absolute atomic E-state index is 0.0129. The van der Waals surface area contributed by atoms with E-state index >= 15 is 0 Å². The number of nitrogens with zero attached hydrogens (tertiary/aromatic N) is 2. The van der Waals surface area contributed by atoms with E-state index in [-0.39, 0.29) is 18.1 Å². The van der Waals surface area contributed by atoms with Gasteiger partial charge in [0.05, 0.1) is 12.5 Å². The van der Waals surface area contributed by atoms with Crippen LogP contribution >= 0.6 is 0 Å². The second-order valence-corrected chi connectivity index (χ2v) is 6.88. The van der Waals surface area contributed by atoms with Gasteiger partial charge < -0.3 is 14.9 Å². The van der Waals surface area contributed by atoms with Crippen molar-refractivity contribution in [2.75, 3.05) is 26.7 Å². The predicted molar refractivity (Wildman–Crippen MR) is 86.3 cm³/mol. The van der Waals surface area contributed by atoms with E-state index in [1.54, 1.807) is 12.1 Å². The zero-order chi connectivity index (χ0) is 16.4. The van der Waals surface area contributed by atoms with Crippen molar-refractivity contribution in [3.05, 3.63) is 35.6 Å². The highest BCUT2D eigenvalue weighted by molar-refractivity contribution is 5.77. The van der Waals surface area contributed by atoms with Gasteiger partial charge in [0.25, 0.3) is 0 Å². The molecule has 2 fully saturated rings. The summed E-state index contributed by atoms with van der Waals surface area (Å²) in [5.41, 5.74) is 0.468. The van der Waals surface area contributed by atoms with Gasteiger partial charge in [-0.3, -0.25) is 4.79 Å². The number of halogens is 1. The van der Waals surface area contributed by atoms with Gasteiger partial charge in [-0.1, -0.05) is 12.1 Å². The smallest absolute Gasteiger partial charge is 0.225 e. The molecule has 0 saturated carbocycles. The number of fused-ring (bicyclic) bond motifs is 1. The summed E-state index contributed by atoms with van der Waals surface area (Å²) in [5, 5.41) is 10.3. The van der Waals surface area contributed by atoms with Crippen LogP contribution in [0.2, 0.25) is 0 Å². The summed E-state index contributed by atoms with van der Waals surface area (Å²) >= 11 is 0. The molecule has 3 atom stereocenters. The van der Waals surface area contributed by atoms with Gasteiger partial charge in [-0.25, -0.2) is 4.39 Å². The molecule has 2 aliphatic heterocycles. The maximum absolute atomic E-state index is 13.3. The normalized spacial score (nSPS) is 26.7. The lowest BCUT2D eigenvalue weighted by atomic mass is 9.83. The van der Waals surface area contributed by atoms with Crippen LogP contribution in [0.5, 0.6) is 0 Å². The first-order chi connectivity index (χ1) is 11.0. The Labute approximate surface area is 136 Å². The Morgan fingerprint density at radius 3 is 3.00 bits per heavy atom. The summed E-state index contributed by atoms with van der Waals surface area (Å²) < 4.78 is 13.3. The SMILES string of the molecule is CN1CCC2C(CCCN2C(=O)CC(O)c2cccc(F)c2)C1. The standard InChI is InChI=1S/C18H25FN2O2/c1-20-9-7-16-14(12-20)5-3-8-21(16)18(23)11-17(22)13-4-2-6-15(19)10-13/h2,4,6,10,14,16-17,22H,3,5,7-9,11-12H2,1H3. The van der Waals surface area contributed by atoms with Crippen molar-refractivity contribution in [1.82, 2.24) is 9.80 Å². The number of aliphatic hydroxyl groups excluding tert-OH is 1. The summed E-state index contributed by atoms with van der Waals surface area (Å²) in [5.74, 6) is 0.140. The molecular formula is C18H25FN2O2. The van der Waals surface area contributed by atoms with E-state index in [0.717, 1.165) is 32.5 Å². The van der Waals surface area contributed by atoms with Crippen molar-refractivity contribution < 1.29 is 14.3 Å². The number of hydrogen-bond donors (Lipinski definition) is 1. The van der Waals surface area contributed by atoms with E-state index in [2.05, 4.69) is 11.9 Å². The predicted octanol–water partition coefficient (Wildman–Crippen LogP) is 2.19. The molecule has 3 rings (SSSR count). The van der Waals surface area contributed by atoms with Crippen LogP contribution in [0.1, 0.15) is 37.4 Å². The molecule has 126 valence electrons. The van der Waals surface area contributed by atoms with Gasteiger partial charge in [0, 0.05) is 19.1 Å². The van der Waals surface area contributed by atoms with Crippen LogP contribution in [0.25, 0.3) is 0 Å². The topological polar surface area (TPSA) is 43.8 Å². The molecular weight excluding hydrogens is 295 g/mol. The second-order valence-electron chi connectivity index (χ2n) is 6.88. The highest BCUT2D eigenvalue weighted by Crippen LogP contribution is 2.31. The molecule has 23 heavy (non-hydrogen) atoms. The Kier molecular flexibility index (Phi) is 4.97. The highest BCUT2D eigenvalue weighted by Gasteiger charge is 2.37. The Bertz CT molecular complexity index is 566. The summed E-state index contributed by atoms with van der Waals surface area (Å²) in [6.45, 7) is 2.83. The molecule has 1 aromatic rings. The Hall–Kier alpha value is -1.46. The lowest BCUT2D eigenvalue weighted by Crippen LogP contribution is -2.55. The fraction of sp³-hybridized carbons (Fsp3) is 0.611. The summed E-state index contributed by atoms with van der Waals surface area (Å²) in [6.07, 6.45) is 2.29. The molecule has 0 spiro atoms. The first kappa shape index (κ1) is 16.4. The zero-order valence-electron chi connectivity index (χ0n) is 13.6. The summed E-state index contributed by atoms with van der Waals surface area (Å²) in [7, 11) is 2.13. The van der Waals surface area contributed by atoms with Crippen LogP contribution < -0.4 is 0 Å².